The Bertz CT molecular complexity index is 593. The lowest BCUT2D eigenvalue weighted by Gasteiger charge is -2.22. The number of carbonyl (C=O) groups excluding carboxylic acids is 1. The van der Waals surface area contributed by atoms with Crippen LogP contribution in [0.3, 0.4) is 0 Å². The molecule has 0 aliphatic carbocycles. The molecule has 0 radical (unpaired) electrons. The second-order valence-electron chi connectivity index (χ2n) is 4.57. The molecule has 0 atom stereocenters. The van der Waals surface area contributed by atoms with Crippen LogP contribution in [-0.4, -0.2) is 12.5 Å². The van der Waals surface area contributed by atoms with E-state index in [0.29, 0.717) is 17.8 Å². The van der Waals surface area contributed by atoms with Crippen LogP contribution >= 0.6 is 0 Å². The van der Waals surface area contributed by atoms with Crippen LogP contribution in [0, 0.1) is 6.92 Å². The first kappa shape index (κ1) is 14.1. The molecule has 0 aromatic heterocycles. The number of nitrogens with one attached hydrogen (secondary N) is 1. The zero-order chi connectivity index (χ0) is 14.5. The summed E-state index contributed by atoms with van der Waals surface area (Å²) in [6.45, 7) is 4.58. The fourth-order valence-electron chi connectivity index (χ4n) is 2.11. The molecule has 0 saturated heterocycles. The van der Waals surface area contributed by atoms with Gasteiger partial charge in [0, 0.05) is 12.2 Å². The highest BCUT2D eigenvalue weighted by molar-refractivity contribution is 6.09. The molecule has 0 aliphatic rings. The first-order chi connectivity index (χ1) is 9.67. The highest BCUT2D eigenvalue weighted by atomic mass is 16.2. The lowest BCUT2D eigenvalue weighted by molar-refractivity contribution is 0.0989. The minimum atomic E-state index is -0.0649. The number of amides is 1. The molecule has 2 aromatic rings. The molecule has 0 spiro atoms. The van der Waals surface area contributed by atoms with Gasteiger partial charge in [-0.2, -0.15) is 0 Å². The topological polar surface area (TPSA) is 58.4 Å². The Balaban J connectivity index is 2.36. The van der Waals surface area contributed by atoms with E-state index in [2.05, 4.69) is 5.43 Å². The lowest BCUT2D eigenvalue weighted by atomic mass is 10.1. The van der Waals surface area contributed by atoms with Crippen molar-refractivity contribution < 1.29 is 4.79 Å². The van der Waals surface area contributed by atoms with Gasteiger partial charge in [0.15, 0.2) is 0 Å². The zero-order valence-corrected chi connectivity index (χ0v) is 11.8. The number of nitrogen functional groups attached to an aromatic ring is 1. The second kappa shape index (κ2) is 6.21. The Morgan fingerprint density at radius 2 is 1.80 bits per heavy atom. The number of rotatable bonds is 4. The van der Waals surface area contributed by atoms with Gasteiger partial charge < -0.3 is 10.3 Å². The fraction of sp³-hybridized carbons (Fsp3) is 0.188. The monoisotopic (exact) mass is 269 g/mol. The molecule has 1 amide bonds. The van der Waals surface area contributed by atoms with Gasteiger partial charge >= 0.3 is 0 Å². The summed E-state index contributed by atoms with van der Waals surface area (Å²) in [5.74, 6) is 5.40. The summed E-state index contributed by atoms with van der Waals surface area (Å²) in [7, 11) is 0. The number of hydrazine groups is 1. The van der Waals surface area contributed by atoms with E-state index in [1.165, 1.54) is 5.56 Å². The molecule has 3 N–H and O–H groups in total. The van der Waals surface area contributed by atoms with Gasteiger partial charge in [0.2, 0.25) is 0 Å². The third-order valence-electron chi connectivity index (χ3n) is 3.22. The van der Waals surface area contributed by atoms with Crippen molar-refractivity contribution in [2.24, 2.45) is 5.84 Å². The van der Waals surface area contributed by atoms with Crippen LogP contribution in [0.5, 0.6) is 0 Å². The molecule has 20 heavy (non-hydrogen) atoms. The van der Waals surface area contributed by atoms with E-state index >= 15 is 0 Å². The average Bonchev–Trinajstić information content (AvgIpc) is 2.49. The predicted molar refractivity (Wildman–Crippen MR) is 82.8 cm³/mol. The van der Waals surface area contributed by atoms with Crippen LogP contribution in [0.1, 0.15) is 22.8 Å². The standard InChI is InChI=1S/C16H19N3O/c1-3-19(13-10-8-12(2)9-11-13)16(20)14-6-4-5-7-15(14)18-17/h4-11,18H,3,17H2,1-2H3. The third kappa shape index (κ3) is 2.81. The number of para-hydroxylation sites is 1. The quantitative estimate of drug-likeness (QED) is 0.662. The lowest BCUT2D eigenvalue weighted by Crippen LogP contribution is -2.31. The maximum atomic E-state index is 12.7. The summed E-state index contributed by atoms with van der Waals surface area (Å²) in [5, 5.41) is 0. The highest BCUT2D eigenvalue weighted by Gasteiger charge is 2.18. The maximum absolute atomic E-state index is 12.7. The average molecular weight is 269 g/mol. The van der Waals surface area contributed by atoms with Gasteiger partial charge in [-0.05, 0) is 38.1 Å². The number of hydrogen-bond donors (Lipinski definition) is 2. The first-order valence-electron chi connectivity index (χ1n) is 6.61. The van der Waals surface area contributed by atoms with E-state index in [1.54, 1.807) is 17.0 Å². The van der Waals surface area contributed by atoms with Crippen molar-refractivity contribution in [3.63, 3.8) is 0 Å². The molecular formula is C16H19N3O. The Kier molecular flexibility index (Phi) is 4.38. The van der Waals surface area contributed by atoms with E-state index in [0.717, 1.165) is 5.69 Å². The summed E-state index contributed by atoms with van der Waals surface area (Å²) >= 11 is 0. The van der Waals surface area contributed by atoms with Crippen LogP contribution in [0.4, 0.5) is 11.4 Å². The van der Waals surface area contributed by atoms with E-state index in [9.17, 15) is 4.79 Å². The molecule has 0 saturated carbocycles. The van der Waals surface area contributed by atoms with Crippen molar-refractivity contribution in [2.75, 3.05) is 16.9 Å². The van der Waals surface area contributed by atoms with Gasteiger partial charge in [-0.25, -0.2) is 0 Å². The minimum absolute atomic E-state index is 0.0649. The molecule has 104 valence electrons. The molecule has 2 rings (SSSR count). The summed E-state index contributed by atoms with van der Waals surface area (Å²) in [5.41, 5.74) is 5.82. The predicted octanol–water partition coefficient (Wildman–Crippen LogP) is 2.95. The Morgan fingerprint density at radius 1 is 1.15 bits per heavy atom. The SMILES string of the molecule is CCN(C(=O)c1ccccc1NN)c1ccc(C)cc1. The van der Waals surface area contributed by atoms with Crippen molar-refractivity contribution >= 4 is 17.3 Å². The van der Waals surface area contributed by atoms with Crippen LogP contribution in [0.15, 0.2) is 48.5 Å². The molecule has 2 aromatic carbocycles. The second-order valence-corrected chi connectivity index (χ2v) is 4.57. The number of carbonyl (C=O) groups is 1. The molecular weight excluding hydrogens is 250 g/mol. The third-order valence-corrected chi connectivity index (χ3v) is 3.22. The Hall–Kier alpha value is -2.33. The number of benzene rings is 2. The van der Waals surface area contributed by atoms with E-state index in [1.807, 2.05) is 50.2 Å². The van der Waals surface area contributed by atoms with Crippen LogP contribution in [0.25, 0.3) is 0 Å². The smallest absolute Gasteiger partial charge is 0.260 e. The summed E-state index contributed by atoms with van der Waals surface area (Å²) < 4.78 is 0. The summed E-state index contributed by atoms with van der Waals surface area (Å²) in [6, 6.07) is 15.1. The Labute approximate surface area is 119 Å². The van der Waals surface area contributed by atoms with Crippen molar-refractivity contribution in [2.45, 2.75) is 13.8 Å². The van der Waals surface area contributed by atoms with Crippen LogP contribution in [-0.2, 0) is 0 Å². The molecule has 0 aliphatic heterocycles. The molecule has 4 nitrogen and oxygen atoms in total. The number of aryl methyl sites for hydroxylation is 1. The highest BCUT2D eigenvalue weighted by Crippen LogP contribution is 2.21. The Morgan fingerprint density at radius 3 is 2.40 bits per heavy atom. The molecule has 0 unspecified atom stereocenters. The molecule has 0 heterocycles. The van der Waals surface area contributed by atoms with E-state index in [-0.39, 0.29) is 5.91 Å². The van der Waals surface area contributed by atoms with Gasteiger partial charge in [0.25, 0.3) is 5.91 Å². The molecule has 0 fully saturated rings. The summed E-state index contributed by atoms with van der Waals surface area (Å²) in [6.07, 6.45) is 0. The van der Waals surface area contributed by atoms with Crippen molar-refractivity contribution in [3.8, 4) is 0 Å². The van der Waals surface area contributed by atoms with Crippen LogP contribution in [0.2, 0.25) is 0 Å². The summed E-state index contributed by atoms with van der Waals surface area (Å²) in [4.78, 5) is 14.4. The first-order valence-corrected chi connectivity index (χ1v) is 6.61. The van der Waals surface area contributed by atoms with Gasteiger partial charge in [0.05, 0.1) is 11.3 Å². The van der Waals surface area contributed by atoms with Gasteiger partial charge in [-0.3, -0.25) is 10.6 Å². The van der Waals surface area contributed by atoms with Gasteiger partial charge in [0.1, 0.15) is 0 Å². The molecule has 4 heteroatoms. The van der Waals surface area contributed by atoms with Crippen LogP contribution < -0.4 is 16.2 Å². The van der Waals surface area contributed by atoms with Gasteiger partial charge in [-0.1, -0.05) is 29.8 Å². The van der Waals surface area contributed by atoms with Gasteiger partial charge in [-0.15, -0.1) is 0 Å². The molecule has 0 bridgehead atoms. The maximum Gasteiger partial charge on any atom is 0.260 e. The normalized spacial score (nSPS) is 10.2. The van der Waals surface area contributed by atoms with E-state index < -0.39 is 0 Å². The largest absolute Gasteiger partial charge is 0.323 e. The van der Waals surface area contributed by atoms with Crippen molar-refractivity contribution in [1.29, 1.82) is 0 Å². The zero-order valence-electron chi connectivity index (χ0n) is 11.8. The minimum Gasteiger partial charge on any atom is -0.323 e. The number of anilines is 2. The fourth-order valence-corrected chi connectivity index (χ4v) is 2.11. The number of nitrogens with zero attached hydrogens (tertiary/aromatic N) is 1. The number of nitrogens with two attached hydrogens (primary N) is 1. The van der Waals surface area contributed by atoms with E-state index in [4.69, 9.17) is 5.84 Å². The number of hydrogen-bond acceptors (Lipinski definition) is 3. The van der Waals surface area contributed by atoms with Crippen molar-refractivity contribution in [3.05, 3.63) is 59.7 Å². The van der Waals surface area contributed by atoms with Crippen molar-refractivity contribution in [1.82, 2.24) is 0 Å².